The topological polar surface area (TPSA) is 72.0 Å². The van der Waals surface area contributed by atoms with Crippen molar-refractivity contribution in [1.29, 1.82) is 0 Å². The molecule has 0 unspecified atom stereocenters. The van der Waals surface area contributed by atoms with E-state index in [9.17, 15) is 4.79 Å². The molecule has 6 heteroatoms. The van der Waals surface area contributed by atoms with Crippen LogP contribution in [-0.4, -0.2) is 39.2 Å². The SMILES string of the molecule is CCCNC(=NCc1ccc(OC)c(C(=O)OC)c1)NCC. The van der Waals surface area contributed by atoms with Crippen LogP contribution in [0.1, 0.15) is 36.2 Å². The molecule has 0 atom stereocenters. The van der Waals surface area contributed by atoms with Gasteiger partial charge in [-0.1, -0.05) is 13.0 Å². The average Bonchev–Trinajstić information content (AvgIpc) is 2.56. The highest BCUT2D eigenvalue weighted by atomic mass is 16.5. The third-order valence-corrected chi connectivity index (χ3v) is 2.98. The van der Waals surface area contributed by atoms with E-state index >= 15 is 0 Å². The zero-order valence-corrected chi connectivity index (χ0v) is 13.7. The lowest BCUT2D eigenvalue weighted by Gasteiger charge is -2.11. The lowest BCUT2D eigenvalue weighted by atomic mass is 10.1. The van der Waals surface area contributed by atoms with Gasteiger partial charge in [-0.2, -0.15) is 0 Å². The highest BCUT2D eigenvalue weighted by molar-refractivity contribution is 5.92. The molecular weight excluding hydrogens is 282 g/mol. The van der Waals surface area contributed by atoms with E-state index < -0.39 is 5.97 Å². The number of methoxy groups -OCH3 is 2. The molecule has 0 heterocycles. The van der Waals surface area contributed by atoms with Crippen LogP contribution in [0, 0.1) is 0 Å². The number of benzene rings is 1. The highest BCUT2D eigenvalue weighted by Gasteiger charge is 2.13. The van der Waals surface area contributed by atoms with E-state index in [4.69, 9.17) is 9.47 Å². The molecular formula is C16H25N3O3. The number of carbonyl (C=O) groups excluding carboxylic acids is 1. The quantitative estimate of drug-likeness (QED) is 0.458. The maximum Gasteiger partial charge on any atom is 0.341 e. The van der Waals surface area contributed by atoms with Crippen LogP contribution < -0.4 is 15.4 Å². The number of rotatable bonds is 7. The minimum Gasteiger partial charge on any atom is -0.496 e. The van der Waals surface area contributed by atoms with Crippen molar-refractivity contribution in [3.63, 3.8) is 0 Å². The summed E-state index contributed by atoms with van der Waals surface area (Å²) in [5, 5.41) is 6.42. The number of guanidine groups is 1. The Morgan fingerprint density at radius 1 is 1.23 bits per heavy atom. The fourth-order valence-corrected chi connectivity index (χ4v) is 1.88. The molecule has 0 amide bonds. The Kier molecular flexibility index (Phi) is 7.81. The van der Waals surface area contributed by atoms with Gasteiger partial charge in [0.1, 0.15) is 11.3 Å². The van der Waals surface area contributed by atoms with Gasteiger partial charge in [0, 0.05) is 13.1 Å². The number of hydrogen-bond donors (Lipinski definition) is 2. The molecule has 0 aromatic heterocycles. The summed E-state index contributed by atoms with van der Waals surface area (Å²) in [6.45, 7) is 6.25. The number of nitrogens with one attached hydrogen (secondary N) is 2. The number of hydrogen-bond acceptors (Lipinski definition) is 4. The molecule has 1 aromatic rings. The van der Waals surface area contributed by atoms with Crippen molar-refractivity contribution in [3.05, 3.63) is 29.3 Å². The lowest BCUT2D eigenvalue weighted by Crippen LogP contribution is -2.37. The van der Waals surface area contributed by atoms with Gasteiger partial charge in [0.25, 0.3) is 0 Å². The van der Waals surface area contributed by atoms with E-state index in [0.29, 0.717) is 17.9 Å². The van der Waals surface area contributed by atoms with Crippen molar-refractivity contribution < 1.29 is 14.3 Å². The van der Waals surface area contributed by atoms with E-state index in [1.165, 1.54) is 14.2 Å². The predicted molar refractivity (Wildman–Crippen MR) is 87.4 cm³/mol. The molecule has 1 aromatic carbocycles. The lowest BCUT2D eigenvalue weighted by molar-refractivity contribution is 0.0597. The largest absolute Gasteiger partial charge is 0.496 e. The second-order valence-corrected chi connectivity index (χ2v) is 4.65. The summed E-state index contributed by atoms with van der Waals surface area (Å²) in [6.07, 6.45) is 1.03. The van der Waals surface area contributed by atoms with Gasteiger partial charge in [-0.15, -0.1) is 0 Å². The van der Waals surface area contributed by atoms with Crippen LogP contribution in [-0.2, 0) is 11.3 Å². The molecule has 0 spiro atoms. The molecule has 0 radical (unpaired) electrons. The van der Waals surface area contributed by atoms with Gasteiger partial charge in [0.2, 0.25) is 0 Å². The summed E-state index contributed by atoms with van der Waals surface area (Å²) in [4.78, 5) is 16.3. The summed E-state index contributed by atoms with van der Waals surface area (Å²) in [5.41, 5.74) is 1.32. The molecule has 2 N–H and O–H groups in total. The second-order valence-electron chi connectivity index (χ2n) is 4.65. The monoisotopic (exact) mass is 307 g/mol. The van der Waals surface area contributed by atoms with Crippen LogP contribution in [0.25, 0.3) is 0 Å². The van der Waals surface area contributed by atoms with Crippen molar-refractivity contribution in [3.8, 4) is 5.75 Å². The van der Waals surface area contributed by atoms with E-state index in [-0.39, 0.29) is 0 Å². The van der Waals surface area contributed by atoms with E-state index in [1.807, 2.05) is 13.0 Å². The van der Waals surface area contributed by atoms with Gasteiger partial charge in [-0.05, 0) is 31.0 Å². The minimum absolute atomic E-state index is 0.407. The Morgan fingerprint density at radius 2 is 2.00 bits per heavy atom. The van der Waals surface area contributed by atoms with Gasteiger partial charge in [0.05, 0.1) is 20.8 Å². The standard InChI is InChI=1S/C16H25N3O3/c1-5-9-18-16(17-6-2)19-11-12-7-8-14(21-3)13(10-12)15(20)22-4/h7-8,10H,5-6,9,11H2,1-4H3,(H2,17,18,19). The summed E-state index contributed by atoms with van der Waals surface area (Å²) in [7, 11) is 2.88. The summed E-state index contributed by atoms with van der Waals surface area (Å²) in [6, 6.07) is 5.39. The molecule has 0 bridgehead atoms. The fraction of sp³-hybridized carbons (Fsp3) is 0.500. The molecule has 0 aliphatic carbocycles. The van der Waals surface area contributed by atoms with Crippen molar-refractivity contribution in [2.24, 2.45) is 4.99 Å². The van der Waals surface area contributed by atoms with Crippen molar-refractivity contribution in [2.75, 3.05) is 27.3 Å². The minimum atomic E-state index is -0.418. The molecule has 6 nitrogen and oxygen atoms in total. The maximum absolute atomic E-state index is 11.8. The Balaban J connectivity index is 2.89. The highest BCUT2D eigenvalue weighted by Crippen LogP contribution is 2.21. The Bertz CT molecular complexity index is 515. The first kappa shape index (κ1) is 17.8. The molecule has 22 heavy (non-hydrogen) atoms. The Hall–Kier alpha value is -2.24. The van der Waals surface area contributed by atoms with Crippen LogP contribution in [0.3, 0.4) is 0 Å². The molecule has 0 fully saturated rings. The number of carbonyl (C=O) groups is 1. The van der Waals surface area contributed by atoms with Crippen molar-refractivity contribution in [2.45, 2.75) is 26.8 Å². The normalized spacial score (nSPS) is 11.0. The van der Waals surface area contributed by atoms with Crippen LogP contribution in [0.4, 0.5) is 0 Å². The van der Waals surface area contributed by atoms with Crippen LogP contribution in [0.15, 0.2) is 23.2 Å². The van der Waals surface area contributed by atoms with Gasteiger partial charge in [-0.3, -0.25) is 0 Å². The number of esters is 1. The summed E-state index contributed by atoms with van der Waals surface area (Å²) < 4.78 is 9.95. The van der Waals surface area contributed by atoms with Gasteiger partial charge < -0.3 is 20.1 Å². The Morgan fingerprint density at radius 3 is 2.59 bits per heavy atom. The zero-order valence-electron chi connectivity index (χ0n) is 13.7. The van der Waals surface area contributed by atoms with Crippen LogP contribution in [0.5, 0.6) is 5.75 Å². The van der Waals surface area contributed by atoms with E-state index in [0.717, 1.165) is 31.0 Å². The third kappa shape index (κ3) is 5.27. The van der Waals surface area contributed by atoms with Gasteiger partial charge in [0.15, 0.2) is 5.96 Å². The number of ether oxygens (including phenoxy) is 2. The first-order valence-corrected chi connectivity index (χ1v) is 7.43. The predicted octanol–water partition coefficient (Wildman–Crippen LogP) is 1.95. The molecule has 0 aliphatic rings. The molecule has 0 aliphatic heterocycles. The number of aliphatic imine (C=N–C) groups is 1. The first-order valence-electron chi connectivity index (χ1n) is 7.43. The summed E-state index contributed by atoms with van der Waals surface area (Å²) >= 11 is 0. The zero-order chi connectivity index (χ0) is 16.4. The molecule has 122 valence electrons. The fourth-order valence-electron chi connectivity index (χ4n) is 1.88. The molecule has 0 saturated carbocycles. The van der Waals surface area contributed by atoms with E-state index in [1.54, 1.807) is 12.1 Å². The maximum atomic E-state index is 11.8. The van der Waals surface area contributed by atoms with Gasteiger partial charge in [-0.25, -0.2) is 9.79 Å². The van der Waals surface area contributed by atoms with Crippen LogP contribution >= 0.6 is 0 Å². The van der Waals surface area contributed by atoms with E-state index in [2.05, 4.69) is 22.5 Å². The molecule has 1 rings (SSSR count). The molecule has 0 saturated heterocycles. The van der Waals surface area contributed by atoms with Crippen molar-refractivity contribution in [1.82, 2.24) is 10.6 Å². The second kappa shape index (κ2) is 9.65. The first-order chi connectivity index (χ1) is 10.7. The summed E-state index contributed by atoms with van der Waals surface area (Å²) in [5.74, 6) is 0.842. The number of nitrogens with zero attached hydrogens (tertiary/aromatic N) is 1. The van der Waals surface area contributed by atoms with Gasteiger partial charge >= 0.3 is 5.97 Å². The third-order valence-electron chi connectivity index (χ3n) is 2.98. The average molecular weight is 307 g/mol. The smallest absolute Gasteiger partial charge is 0.341 e. The van der Waals surface area contributed by atoms with Crippen molar-refractivity contribution >= 4 is 11.9 Å². The Labute approximate surface area is 131 Å². The van der Waals surface area contributed by atoms with Crippen LogP contribution in [0.2, 0.25) is 0 Å².